The summed E-state index contributed by atoms with van der Waals surface area (Å²) in [5, 5.41) is 2.09. The summed E-state index contributed by atoms with van der Waals surface area (Å²) in [6.07, 6.45) is 5.82. The van der Waals surface area contributed by atoms with Gasteiger partial charge in [-0.2, -0.15) is 0 Å². The number of amides is 1. The summed E-state index contributed by atoms with van der Waals surface area (Å²) >= 11 is 1.75. The van der Waals surface area contributed by atoms with Gasteiger partial charge in [-0.25, -0.2) is 4.98 Å². The quantitative estimate of drug-likeness (QED) is 0.709. The summed E-state index contributed by atoms with van der Waals surface area (Å²) < 4.78 is 0. The van der Waals surface area contributed by atoms with Crippen molar-refractivity contribution in [2.24, 2.45) is 0 Å². The van der Waals surface area contributed by atoms with Crippen LogP contribution in [0.15, 0.2) is 42.7 Å². The molecule has 0 radical (unpaired) electrons. The Labute approximate surface area is 145 Å². The molecule has 1 aromatic carbocycles. The number of carbonyl (C=O) groups excluding carboxylic acids is 1. The van der Waals surface area contributed by atoms with Gasteiger partial charge in [0.05, 0.1) is 10.5 Å². The van der Waals surface area contributed by atoms with E-state index in [2.05, 4.69) is 16.9 Å². The van der Waals surface area contributed by atoms with Gasteiger partial charge in [0.1, 0.15) is 0 Å². The Balaban J connectivity index is 1.61. The Kier molecular flexibility index (Phi) is 4.02. The number of pyridine rings is 1. The minimum Gasteiger partial charge on any atom is -0.338 e. The van der Waals surface area contributed by atoms with Gasteiger partial charge in [-0.3, -0.25) is 9.78 Å². The van der Waals surface area contributed by atoms with Crippen LogP contribution in [0.1, 0.15) is 39.0 Å². The molecule has 1 fully saturated rings. The Morgan fingerprint density at radius 2 is 2.17 bits per heavy atom. The zero-order chi connectivity index (χ0) is 16.5. The van der Waals surface area contributed by atoms with E-state index < -0.39 is 0 Å². The lowest BCUT2D eigenvalue weighted by Crippen LogP contribution is -2.39. The molecule has 122 valence electrons. The minimum absolute atomic E-state index is 0.103. The molecule has 4 rings (SSSR count). The first kappa shape index (κ1) is 15.3. The second kappa shape index (κ2) is 6.32. The average Bonchev–Trinajstić information content (AvgIpc) is 3.07. The average molecular weight is 337 g/mol. The lowest BCUT2D eigenvalue weighted by atomic mass is 9.97. The molecular formula is C19H19N3OS. The number of nitrogens with zero attached hydrogens (tertiary/aromatic N) is 3. The number of carbonyl (C=O) groups is 1. The molecule has 3 aromatic rings. The number of likely N-dealkylation sites (tertiary alicyclic amines) is 1. The van der Waals surface area contributed by atoms with E-state index >= 15 is 0 Å². The standard InChI is InChI=1S/C19H19N3OS/c1-13-11-21-18(24-13)14-5-4-10-22(12-14)19(23)16-6-2-8-17-15(16)7-3-9-20-17/h2-3,6-9,11,14H,4-5,10,12H2,1H3. The normalized spacial score (nSPS) is 18.0. The third kappa shape index (κ3) is 2.80. The van der Waals surface area contributed by atoms with Crippen molar-refractivity contribution >= 4 is 28.1 Å². The molecule has 1 atom stereocenters. The van der Waals surface area contributed by atoms with Gasteiger partial charge in [0.2, 0.25) is 0 Å². The predicted octanol–water partition coefficient (Wildman–Crippen LogP) is 4.02. The fraction of sp³-hybridized carbons (Fsp3) is 0.316. The lowest BCUT2D eigenvalue weighted by molar-refractivity contribution is 0.0709. The first-order valence-corrected chi connectivity index (χ1v) is 9.09. The van der Waals surface area contributed by atoms with Gasteiger partial charge in [0.25, 0.3) is 5.91 Å². The van der Waals surface area contributed by atoms with Crippen molar-refractivity contribution in [2.45, 2.75) is 25.7 Å². The highest BCUT2D eigenvalue weighted by molar-refractivity contribution is 7.11. The van der Waals surface area contributed by atoms with Gasteiger partial charge in [-0.15, -0.1) is 11.3 Å². The number of rotatable bonds is 2. The van der Waals surface area contributed by atoms with Crippen LogP contribution in [-0.2, 0) is 0 Å². The summed E-state index contributed by atoms with van der Waals surface area (Å²) in [6.45, 7) is 3.65. The van der Waals surface area contributed by atoms with Crippen LogP contribution in [0.25, 0.3) is 10.9 Å². The predicted molar refractivity (Wildman–Crippen MR) is 96.5 cm³/mol. The molecule has 24 heavy (non-hydrogen) atoms. The van der Waals surface area contributed by atoms with Gasteiger partial charge in [-0.05, 0) is 38.0 Å². The zero-order valence-electron chi connectivity index (χ0n) is 13.6. The lowest BCUT2D eigenvalue weighted by Gasteiger charge is -2.32. The van der Waals surface area contributed by atoms with Crippen molar-refractivity contribution < 1.29 is 4.79 Å². The first-order valence-electron chi connectivity index (χ1n) is 8.28. The number of piperidine rings is 1. The van der Waals surface area contributed by atoms with Gasteiger partial charge < -0.3 is 4.90 Å². The topological polar surface area (TPSA) is 46.1 Å². The summed E-state index contributed by atoms with van der Waals surface area (Å²) in [5.74, 6) is 0.459. The second-order valence-corrected chi connectivity index (χ2v) is 7.54. The fourth-order valence-corrected chi connectivity index (χ4v) is 4.28. The van der Waals surface area contributed by atoms with Crippen LogP contribution in [0.4, 0.5) is 0 Å². The molecule has 3 heterocycles. The molecule has 1 aliphatic rings. The largest absolute Gasteiger partial charge is 0.338 e. The molecule has 0 aliphatic carbocycles. The molecule has 5 heteroatoms. The van der Waals surface area contributed by atoms with Crippen molar-refractivity contribution in [3.05, 3.63) is 58.2 Å². The second-order valence-electron chi connectivity index (χ2n) is 6.28. The highest BCUT2D eigenvalue weighted by atomic mass is 32.1. The van der Waals surface area contributed by atoms with E-state index in [9.17, 15) is 4.79 Å². The van der Waals surface area contributed by atoms with Crippen molar-refractivity contribution in [2.75, 3.05) is 13.1 Å². The maximum absolute atomic E-state index is 13.1. The van der Waals surface area contributed by atoms with Crippen molar-refractivity contribution in [3.63, 3.8) is 0 Å². The summed E-state index contributed by atoms with van der Waals surface area (Å²) in [5.41, 5.74) is 1.61. The maximum atomic E-state index is 13.1. The van der Waals surface area contributed by atoms with Crippen LogP contribution < -0.4 is 0 Å². The maximum Gasteiger partial charge on any atom is 0.254 e. The van der Waals surface area contributed by atoms with Crippen LogP contribution in [0, 0.1) is 6.92 Å². The zero-order valence-corrected chi connectivity index (χ0v) is 14.4. The Bertz CT molecular complexity index is 884. The van der Waals surface area contributed by atoms with E-state index in [0.717, 1.165) is 47.4 Å². The van der Waals surface area contributed by atoms with Crippen LogP contribution in [-0.4, -0.2) is 33.9 Å². The molecule has 0 saturated carbocycles. The number of thiazole rings is 1. The minimum atomic E-state index is 0.103. The van der Waals surface area contributed by atoms with Gasteiger partial charge >= 0.3 is 0 Å². The molecule has 0 bridgehead atoms. The fourth-order valence-electron chi connectivity index (χ4n) is 3.38. The highest BCUT2D eigenvalue weighted by Crippen LogP contribution is 2.31. The van der Waals surface area contributed by atoms with Crippen molar-refractivity contribution in [1.29, 1.82) is 0 Å². The molecule has 0 N–H and O–H groups in total. The van der Waals surface area contributed by atoms with Crippen LogP contribution >= 0.6 is 11.3 Å². The van der Waals surface area contributed by atoms with Crippen molar-refractivity contribution in [3.8, 4) is 0 Å². The van der Waals surface area contributed by atoms with Crippen LogP contribution in [0.5, 0.6) is 0 Å². The van der Waals surface area contributed by atoms with Crippen LogP contribution in [0.2, 0.25) is 0 Å². The molecule has 4 nitrogen and oxygen atoms in total. The van der Waals surface area contributed by atoms with Crippen LogP contribution in [0.3, 0.4) is 0 Å². The first-order chi connectivity index (χ1) is 11.7. The highest BCUT2D eigenvalue weighted by Gasteiger charge is 2.27. The summed E-state index contributed by atoms with van der Waals surface area (Å²) in [4.78, 5) is 25.2. The SMILES string of the molecule is Cc1cnc(C2CCCN(C(=O)c3cccc4ncccc34)C2)s1. The number of aromatic nitrogens is 2. The molecular weight excluding hydrogens is 318 g/mol. The number of benzene rings is 1. The summed E-state index contributed by atoms with van der Waals surface area (Å²) in [7, 11) is 0. The Morgan fingerprint density at radius 3 is 3.00 bits per heavy atom. The van der Waals surface area contributed by atoms with E-state index in [0.29, 0.717) is 5.92 Å². The Morgan fingerprint density at radius 1 is 1.25 bits per heavy atom. The van der Waals surface area contributed by atoms with Gasteiger partial charge in [0, 0.05) is 47.2 Å². The van der Waals surface area contributed by atoms with E-state index in [4.69, 9.17) is 0 Å². The molecule has 2 aromatic heterocycles. The monoisotopic (exact) mass is 337 g/mol. The molecule has 1 unspecified atom stereocenters. The number of fused-ring (bicyclic) bond motifs is 1. The van der Waals surface area contributed by atoms with E-state index in [-0.39, 0.29) is 5.91 Å². The third-order valence-corrected chi connectivity index (χ3v) is 5.65. The molecule has 0 spiro atoms. The van der Waals surface area contributed by atoms with Gasteiger partial charge in [-0.1, -0.05) is 12.1 Å². The molecule has 1 amide bonds. The number of hydrogen-bond acceptors (Lipinski definition) is 4. The smallest absolute Gasteiger partial charge is 0.254 e. The summed E-state index contributed by atoms with van der Waals surface area (Å²) in [6, 6.07) is 9.62. The number of hydrogen-bond donors (Lipinski definition) is 0. The third-order valence-electron chi connectivity index (χ3n) is 4.57. The van der Waals surface area contributed by atoms with E-state index in [1.54, 1.807) is 17.5 Å². The molecule has 1 saturated heterocycles. The Hall–Kier alpha value is -2.27. The number of aryl methyl sites for hydroxylation is 1. The molecule has 1 aliphatic heterocycles. The van der Waals surface area contributed by atoms with Gasteiger partial charge in [0.15, 0.2) is 0 Å². The van der Waals surface area contributed by atoms with E-state index in [1.807, 2.05) is 41.4 Å². The van der Waals surface area contributed by atoms with E-state index in [1.165, 1.54) is 4.88 Å². The van der Waals surface area contributed by atoms with Crippen molar-refractivity contribution in [1.82, 2.24) is 14.9 Å².